The average Bonchev–Trinajstić information content (AvgIpc) is 3.31. The summed E-state index contributed by atoms with van der Waals surface area (Å²) in [5.41, 5.74) is 7.46. The number of piperidine rings is 1. The number of nitrogens with zero attached hydrogens (tertiary/aromatic N) is 1. The van der Waals surface area contributed by atoms with Gasteiger partial charge in [0.05, 0.1) is 5.54 Å². The molecule has 38 heavy (non-hydrogen) atoms. The number of benzene rings is 2. The molecule has 1 aliphatic heterocycles. The lowest BCUT2D eigenvalue weighted by Crippen LogP contribution is -2.61. The first kappa shape index (κ1) is 27.8. The molecule has 2 heterocycles. The third kappa shape index (κ3) is 6.26. The minimum absolute atomic E-state index is 0.159. The standard InChI is InChI=1S/C30H41N5O3/c1-4-32-28(38)30(18-21-11-6-5-7-12-21)15-10-16-35(20-30)26(36)25(34-27(37)29(2,3)31)17-22-19-33-24-14-9-8-13-23(22)24/h5-9,11-14,19,25,28,32-33,38H,4,10,15-18,20,31H2,1-3H3,(H,34,37)/t25-,28?,30-/m1/s1. The van der Waals surface area contributed by atoms with Crippen molar-refractivity contribution in [1.82, 2.24) is 20.5 Å². The topological polar surface area (TPSA) is 123 Å². The summed E-state index contributed by atoms with van der Waals surface area (Å²) < 4.78 is 0. The Morgan fingerprint density at radius 3 is 2.58 bits per heavy atom. The number of H-pyrrole nitrogens is 1. The number of nitrogens with two attached hydrogens (primary N) is 1. The van der Waals surface area contributed by atoms with Gasteiger partial charge in [0.2, 0.25) is 11.8 Å². The number of rotatable bonds is 10. The minimum atomic E-state index is -1.13. The quantitative estimate of drug-likeness (QED) is 0.264. The molecule has 3 aromatic rings. The number of carbonyl (C=O) groups is 2. The SMILES string of the molecule is CCNC(O)[C@@]1(Cc2ccccc2)CCCN(C(=O)[C@@H](Cc2c[nH]c3ccccc23)NC(=O)C(C)(C)N)C1. The fraction of sp³-hybridized carbons (Fsp3) is 0.467. The predicted molar refractivity (Wildman–Crippen MR) is 150 cm³/mol. The highest BCUT2D eigenvalue weighted by Gasteiger charge is 2.44. The molecule has 4 rings (SSSR count). The Bertz CT molecular complexity index is 1240. The molecule has 6 N–H and O–H groups in total. The smallest absolute Gasteiger partial charge is 0.245 e. The van der Waals surface area contributed by atoms with E-state index in [-0.39, 0.29) is 11.8 Å². The van der Waals surface area contributed by atoms with E-state index in [1.807, 2.05) is 60.5 Å². The first-order valence-electron chi connectivity index (χ1n) is 13.5. The van der Waals surface area contributed by atoms with Crippen molar-refractivity contribution >= 4 is 22.7 Å². The number of aromatic amines is 1. The molecule has 1 saturated heterocycles. The monoisotopic (exact) mass is 519 g/mol. The van der Waals surface area contributed by atoms with Gasteiger partial charge in [-0.2, -0.15) is 0 Å². The van der Waals surface area contributed by atoms with E-state index in [0.717, 1.165) is 34.9 Å². The van der Waals surface area contributed by atoms with Crippen LogP contribution in [0.25, 0.3) is 10.9 Å². The Balaban J connectivity index is 1.62. The van der Waals surface area contributed by atoms with Gasteiger partial charge in [-0.1, -0.05) is 55.5 Å². The number of likely N-dealkylation sites (tertiary alicyclic amines) is 1. The zero-order valence-corrected chi connectivity index (χ0v) is 22.7. The van der Waals surface area contributed by atoms with Gasteiger partial charge in [0.1, 0.15) is 12.3 Å². The summed E-state index contributed by atoms with van der Waals surface area (Å²) in [7, 11) is 0. The van der Waals surface area contributed by atoms with E-state index in [2.05, 4.69) is 27.8 Å². The summed E-state index contributed by atoms with van der Waals surface area (Å²) in [6.45, 7) is 6.81. The fourth-order valence-electron chi connectivity index (χ4n) is 5.51. The average molecular weight is 520 g/mol. The number of aromatic nitrogens is 1. The predicted octanol–water partition coefficient (Wildman–Crippen LogP) is 2.71. The van der Waals surface area contributed by atoms with Gasteiger partial charge in [0.25, 0.3) is 0 Å². The Morgan fingerprint density at radius 1 is 1.16 bits per heavy atom. The summed E-state index contributed by atoms with van der Waals surface area (Å²) in [5, 5.41) is 18.4. The van der Waals surface area contributed by atoms with Crippen molar-refractivity contribution in [2.24, 2.45) is 11.1 Å². The van der Waals surface area contributed by atoms with Crippen LogP contribution in [0.2, 0.25) is 0 Å². The summed E-state index contributed by atoms with van der Waals surface area (Å²) >= 11 is 0. The van der Waals surface area contributed by atoms with Crippen LogP contribution in [0.15, 0.2) is 60.8 Å². The molecule has 2 amide bonds. The number of aliphatic hydroxyl groups excluding tert-OH is 1. The van der Waals surface area contributed by atoms with Crippen LogP contribution >= 0.6 is 0 Å². The Hall–Kier alpha value is -3.20. The molecule has 8 heteroatoms. The molecule has 1 aromatic heterocycles. The van der Waals surface area contributed by atoms with Crippen molar-refractivity contribution in [2.45, 2.75) is 64.3 Å². The maximum absolute atomic E-state index is 14.1. The molecular weight excluding hydrogens is 478 g/mol. The third-order valence-corrected chi connectivity index (χ3v) is 7.58. The van der Waals surface area contributed by atoms with Crippen LogP contribution in [0.5, 0.6) is 0 Å². The molecule has 0 radical (unpaired) electrons. The van der Waals surface area contributed by atoms with Crippen molar-refractivity contribution in [3.63, 3.8) is 0 Å². The maximum atomic E-state index is 14.1. The zero-order valence-electron chi connectivity index (χ0n) is 22.7. The highest BCUT2D eigenvalue weighted by atomic mass is 16.3. The molecule has 8 nitrogen and oxygen atoms in total. The van der Waals surface area contributed by atoms with Gasteiger partial charge in [0.15, 0.2) is 0 Å². The third-order valence-electron chi connectivity index (χ3n) is 7.58. The van der Waals surface area contributed by atoms with Crippen molar-refractivity contribution in [3.05, 3.63) is 71.9 Å². The molecular formula is C30H41N5O3. The highest BCUT2D eigenvalue weighted by Crippen LogP contribution is 2.37. The van der Waals surface area contributed by atoms with Gasteiger partial charge < -0.3 is 26.0 Å². The fourth-order valence-corrected chi connectivity index (χ4v) is 5.51. The molecule has 2 aromatic carbocycles. The van der Waals surface area contributed by atoms with E-state index in [1.54, 1.807) is 13.8 Å². The van der Waals surface area contributed by atoms with Crippen molar-refractivity contribution in [3.8, 4) is 0 Å². The van der Waals surface area contributed by atoms with Crippen LogP contribution in [-0.4, -0.2) is 64.2 Å². The molecule has 0 aliphatic carbocycles. The number of carbonyl (C=O) groups excluding carboxylic acids is 2. The first-order valence-corrected chi connectivity index (χ1v) is 13.5. The first-order chi connectivity index (χ1) is 18.1. The molecule has 204 valence electrons. The number of hydrogen-bond donors (Lipinski definition) is 5. The summed E-state index contributed by atoms with van der Waals surface area (Å²) in [6.07, 6.45) is 3.65. The van der Waals surface area contributed by atoms with E-state index in [4.69, 9.17) is 5.73 Å². The molecule has 3 atom stereocenters. The van der Waals surface area contributed by atoms with E-state index < -0.39 is 23.2 Å². The lowest BCUT2D eigenvalue weighted by molar-refractivity contribution is -0.143. The number of para-hydroxylation sites is 1. The van der Waals surface area contributed by atoms with Crippen LogP contribution in [-0.2, 0) is 22.4 Å². The van der Waals surface area contributed by atoms with E-state index in [1.165, 1.54) is 0 Å². The van der Waals surface area contributed by atoms with Crippen LogP contribution in [0.1, 0.15) is 44.7 Å². The second-order valence-corrected chi connectivity index (χ2v) is 11.2. The normalized spacial score (nSPS) is 19.8. The second-order valence-electron chi connectivity index (χ2n) is 11.2. The Morgan fingerprint density at radius 2 is 1.87 bits per heavy atom. The van der Waals surface area contributed by atoms with E-state index in [0.29, 0.717) is 32.5 Å². The van der Waals surface area contributed by atoms with Gasteiger partial charge in [-0.25, -0.2) is 0 Å². The number of hydrogen-bond acceptors (Lipinski definition) is 5. The molecule has 1 fully saturated rings. The summed E-state index contributed by atoms with van der Waals surface area (Å²) in [6, 6.07) is 17.2. The second kappa shape index (κ2) is 11.7. The van der Waals surface area contributed by atoms with Crippen molar-refractivity contribution in [1.29, 1.82) is 0 Å². The molecule has 1 aliphatic rings. The Kier molecular flexibility index (Phi) is 8.55. The van der Waals surface area contributed by atoms with Crippen LogP contribution < -0.4 is 16.4 Å². The number of fused-ring (bicyclic) bond motifs is 1. The van der Waals surface area contributed by atoms with Crippen molar-refractivity contribution < 1.29 is 14.7 Å². The highest BCUT2D eigenvalue weighted by molar-refractivity contribution is 5.92. The van der Waals surface area contributed by atoms with Gasteiger partial charge in [-0.3, -0.25) is 14.9 Å². The maximum Gasteiger partial charge on any atom is 0.245 e. The Labute approximate surface area is 225 Å². The minimum Gasteiger partial charge on any atom is -0.378 e. The summed E-state index contributed by atoms with van der Waals surface area (Å²) in [4.78, 5) is 32.1. The largest absolute Gasteiger partial charge is 0.378 e. The van der Waals surface area contributed by atoms with Gasteiger partial charge in [-0.05, 0) is 56.8 Å². The van der Waals surface area contributed by atoms with E-state index >= 15 is 0 Å². The number of amides is 2. The van der Waals surface area contributed by atoms with Crippen LogP contribution in [0, 0.1) is 5.41 Å². The lowest BCUT2D eigenvalue weighted by atomic mass is 9.73. The van der Waals surface area contributed by atoms with E-state index in [9.17, 15) is 14.7 Å². The molecule has 1 unspecified atom stereocenters. The van der Waals surface area contributed by atoms with Crippen LogP contribution in [0.4, 0.5) is 0 Å². The van der Waals surface area contributed by atoms with Gasteiger partial charge >= 0.3 is 0 Å². The molecule has 0 bridgehead atoms. The summed E-state index contributed by atoms with van der Waals surface area (Å²) in [5.74, 6) is -0.537. The van der Waals surface area contributed by atoms with Crippen LogP contribution in [0.3, 0.4) is 0 Å². The molecule has 0 spiro atoms. The zero-order chi connectivity index (χ0) is 27.3. The number of aliphatic hydroxyl groups is 1. The van der Waals surface area contributed by atoms with Gasteiger partial charge in [0, 0.05) is 42.0 Å². The lowest BCUT2D eigenvalue weighted by Gasteiger charge is -2.46. The van der Waals surface area contributed by atoms with Crippen molar-refractivity contribution in [2.75, 3.05) is 19.6 Å². The number of nitrogens with one attached hydrogen (secondary N) is 3. The van der Waals surface area contributed by atoms with Gasteiger partial charge in [-0.15, -0.1) is 0 Å². The molecule has 0 saturated carbocycles.